The molecule has 0 amide bonds. The summed E-state index contributed by atoms with van der Waals surface area (Å²) in [4.78, 5) is 53.8. The van der Waals surface area contributed by atoms with Crippen LogP contribution in [0.5, 0.6) is 0 Å². The second kappa shape index (κ2) is 10.5. The summed E-state index contributed by atoms with van der Waals surface area (Å²) >= 11 is 0. The van der Waals surface area contributed by atoms with Gasteiger partial charge in [-0.2, -0.15) is 0 Å². The number of ether oxygens (including phenoxy) is 1. The van der Waals surface area contributed by atoms with Crippen molar-refractivity contribution in [3.63, 3.8) is 0 Å². The number of ketones is 1. The highest BCUT2D eigenvalue weighted by molar-refractivity contribution is 6.09. The van der Waals surface area contributed by atoms with Gasteiger partial charge in [0.15, 0.2) is 11.9 Å². The molecule has 2 aromatic carbocycles. The Morgan fingerprint density at radius 1 is 0.933 bits per heavy atom. The first kappa shape index (κ1) is 22.3. The first-order valence-corrected chi connectivity index (χ1v) is 8.72. The van der Waals surface area contributed by atoms with Crippen molar-refractivity contribution in [2.45, 2.75) is 18.9 Å². The molecule has 2 atom stereocenters. The summed E-state index contributed by atoms with van der Waals surface area (Å²) in [6.07, 6.45) is -1.47. The minimum Gasteiger partial charge on any atom is -0.463 e. The Hall–Kier alpha value is -4.02. The number of esters is 1. The third-order valence-electron chi connectivity index (χ3n) is 4.05. The van der Waals surface area contributed by atoms with Crippen LogP contribution >= 0.6 is 0 Å². The highest BCUT2D eigenvalue weighted by Crippen LogP contribution is 2.20. The van der Waals surface area contributed by atoms with Crippen molar-refractivity contribution in [1.29, 1.82) is 0 Å². The van der Waals surface area contributed by atoms with Crippen LogP contribution in [0.3, 0.4) is 0 Å². The van der Waals surface area contributed by atoms with Gasteiger partial charge in [0.05, 0.1) is 5.92 Å². The van der Waals surface area contributed by atoms with Gasteiger partial charge in [-0.15, -0.1) is 20.2 Å². The Morgan fingerprint density at radius 2 is 1.60 bits per heavy atom. The SMILES string of the molecule is CC(C(=O)OCC(CO[N+](=O)[O-])O[N+](=O)[O-])c1cccc(C(=O)c2ccccc2)c1. The van der Waals surface area contributed by atoms with Gasteiger partial charge in [0.1, 0.15) is 13.2 Å². The molecule has 0 heterocycles. The molecule has 30 heavy (non-hydrogen) atoms. The Morgan fingerprint density at radius 3 is 2.23 bits per heavy atom. The Bertz CT molecular complexity index is 917. The van der Waals surface area contributed by atoms with Crippen molar-refractivity contribution < 1.29 is 34.2 Å². The van der Waals surface area contributed by atoms with Crippen molar-refractivity contribution >= 4 is 11.8 Å². The molecule has 2 rings (SSSR count). The van der Waals surface area contributed by atoms with E-state index in [9.17, 15) is 29.8 Å². The lowest BCUT2D eigenvalue weighted by molar-refractivity contribution is -0.790. The quantitative estimate of drug-likeness (QED) is 0.232. The molecule has 0 saturated heterocycles. The van der Waals surface area contributed by atoms with Crippen molar-refractivity contribution in [2.24, 2.45) is 0 Å². The molecule has 2 aromatic rings. The van der Waals surface area contributed by atoms with Crippen LogP contribution in [0.4, 0.5) is 0 Å². The zero-order valence-corrected chi connectivity index (χ0v) is 15.8. The molecule has 11 heteroatoms. The van der Waals surface area contributed by atoms with E-state index in [1.807, 2.05) is 0 Å². The van der Waals surface area contributed by atoms with Gasteiger partial charge >= 0.3 is 5.97 Å². The minimum atomic E-state index is -1.47. The fourth-order valence-corrected chi connectivity index (χ4v) is 2.52. The van der Waals surface area contributed by atoms with Gasteiger partial charge in [0.25, 0.3) is 10.2 Å². The number of nitrogens with zero attached hydrogens (tertiary/aromatic N) is 2. The van der Waals surface area contributed by atoms with E-state index >= 15 is 0 Å². The fraction of sp³-hybridized carbons (Fsp3) is 0.263. The van der Waals surface area contributed by atoms with Crippen molar-refractivity contribution in [3.8, 4) is 0 Å². The van der Waals surface area contributed by atoms with Crippen LogP contribution in [0.2, 0.25) is 0 Å². The van der Waals surface area contributed by atoms with Crippen molar-refractivity contribution in [3.05, 3.63) is 91.5 Å². The normalized spacial score (nSPS) is 12.3. The summed E-state index contributed by atoms with van der Waals surface area (Å²) in [6.45, 7) is 0.128. The fourth-order valence-electron chi connectivity index (χ4n) is 2.52. The van der Waals surface area contributed by atoms with Gasteiger partial charge in [0, 0.05) is 11.1 Å². The summed E-state index contributed by atoms with van der Waals surface area (Å²) in [5.74, 6) is -1.77. The molecule has 0 aliphatic carbocycles. The summed E-state index contributed by atoms with van der Waals surface area (Å²) in [6, 6.07) is 15.1. The average molecular weight is 418 g/mol. The standard InChI is InChI=1S/C19H18N2O9/c1-13(19(23)28-11-17(30-21(26)27)12-29-20(24)25)15-8-5-9-16(10-15)18(22)14-6-3-2-4-7-14/h2-10,13,17H,11-12H2,1H3. The van der Waals surface area contributed by atoms with Crippen LogP contribution in [0.25, 0.3) is 0 Å². The number of rotatable bonds is 11. The van der Waals surface area contributed by atoms with Crippen LogP contribution in [0.15, 0.2) is 54.6 Å². The Kier molecular flexibility index (Phi) is 7.80. The monoisotopic (exact) mass is 418 g/mol. The molecule has 0 radical (unpaired) electrons. The van der Waals surface area contributed by atoms with Gasteiger partial charge in [-0.1, -0.05) is 48.5 Å². The molecule has 0 fully saturated rings. The van der Waals surface area contributed by atoms with E-state index in [0.29, 0.717) is 16.7 Å². The third-order valence-corrected chi connectivity index (χ3v) is 4.05. The molecule has 2 unspecified atom stereocenters. The topological polar surface area (TPSA) is 148 Å². The second-order valence-corrected chi connectivity index (χ2v) is 6.14. The lowest BCUT2D eigenvalue weighted by Gasteiger charge is -2.17. The van der Waals surface area contributed by atoms with E-state index in [0.717, 1.165) is 0 Å². The molecule has 0 saturated carbocycles. The predicted molar refractivity (Wildman–Crippen MR) is 101 cm³/mol. The highest BCUT2D eigenvalue weighted by Gasteiger charge is 2.22. The first-order chi connectivity index (χ1) is 14.3. The van der Waals surface area contributed by atoms with Crippen LogP contribution in [-0.2, 0) is 19.2 Å². The third kappa shape index (κ3) is 6.55. The second-order valence-electron chi connectivity index (χ2n) is 6.14. The molecule has 0 bridgehead atoms. The zero-order valence-electron chi connectivity index (χ0n) is 15.8. The lowest BCUT2D eigenvalue weighted by Crippen LogP contribution is -2.31. The van der Waals surface area contributed by atoms with Gasteiger partial charge in [-0.3, -0.25) is 9.59 Å². The number of benzene rings is 2. The van der Waals surface area contributed by atoms with Gasteiger partial charge in [-0.05, 0) is 18.6 Å². The van der Waals surface area contributed by atoms with E-state index in [1.165, 1.54) is 6.92 Å². The average Bonchev–Trinajstić information content (AvgIpc) is 2.74. The molecule has 11 nitrogen and oxygen atoms in total. The van der Waals surface area contributed by atoms with Crippen LogP contribution in [0.1, 0.15) is 34.3 Å². The Balaban J connectivity index is 2.03. The lowest BCUT2D eigenvalue weighted by atomic mass is 9.96. The number of carbonyl (C=O) groups excluding carboxylic acids is 2. The summed E-state index contributed by atoms with van der Waals surface area (Å²) in [7, 11) is 0. The molecular formula is C19H18N2O9. The summed E-state index contributed by atoms with van der Waals surface area (Å²) in [5, 5.41) is 18.4. The molecule has 0 N–H and O–H groups in total. The van der Waals surface area contributed by atoms with Crippen molar-refractivity contribution in [2.75, 3.05) is 13.2 Å². The predicted octanol–water partition coefficient (Wildman–Crippen LogP) is 2.35. The maximum atomic E-state index is 12.6. The number of hydrogen-bond donors (Lipinski definition) is 0. The molecule has 158 valence electrons. The minimum absolute atomic E-state index is 0.214. The Labute approximate surface area is 170 Å². The van der Waals surface area contributed by atoms with E-state index < -0.39 is 41.4 Å². The maximum absolute atomic E-state index is 12.6. The number of carbonyl (C=O) groups is 2. The van der Waals surface area contributed by atoms with E-state index in [1.54, 1.807) is 54.6 Å². The smallest absolute Gasteiger partial charge is 0.313 e. The van der Waals surface area contributed by atoms with E-state index in [2.05, 4.69) is 9.68 Å². The molecule has 0 aliphatic heterocycles. The van der Waals surface area contributed by atoms with Gasteiger partial charge in [0.2, 0.25) is 0 Å². The highest BCUT2D eigenvalue weighted by atomic mass is 17.0. The maximum Gasteiger partial charge on any atom is 0.313 e. The van der Waals surface area contributed by atoms with E-state index in [-0.39, 0.29) is 5.78 Å². The molecule has 0 spiro atoms. The van der Waals surface area contributed by atoms with E-state index in [4.69, 9.17) is 4.74 Å². The first-order valence-electron chi connectivity index (χ1n) is 8.72. The molecule has 0 aromatic heterocycles. The summed E-state index contributed by atoms with van der Waals surface area (Å²) in [5.41, 5.74) is 1.37. The van der Waals surface area contributed by atoms with Crippen LogP contribution in [0, 0.1) is 20.2 Å². The largest absolute Gasteiger partial charge is 0.463 e. The van der Waals surface area contributed by atoms with Gasteiger partial charge < -0.3 is 14.4 Å². The van der Waals surface area contributed by atoms with Crippen molar-refractivity contribution in [1.82, 2.24) is 0 Å². The zero-order chi connectivity index (χ0) is 22.1. The van der Waals surface area contributed by atoms with Crippen LogP contribution < -0.4 is 0 Å². The molecular weight excluding hydrogens is 400 g/mol. The number of hydrogen-bond acceptors (Lipinski definition) is 9. The van der Waals surface area contributed by atoms with Gasteiger partial charge in [-0.25, -0.2) is 0 Å². The summed E-state index contributed by atoms with van der Waals surface area (Å²) < 4.78 is 4.98. The van der Waals surface area contributed by atoms with Crippen LogP contribution in [-0.4, -0.2) is 41.2 Å². The molecule has 0 aliphatic rings.